The summed E-state index contributed by atoms with van der Waals surface area (Å²) < 4.78 is 0. The van der Waals surface area contributed by atoms with Crippen LogP contribution in [0.5, 0.6) is 0 Å². The molecule has 0 spiro atoms. The van der Waals surface area contributed by atoms with E-state index in [2.05, 4.69) is 21.0 Å². The Bertz CT molecular complexity index is 891. The summed E-state index contributed by atoms with van der Waals surface area (Å²) in [7, 11) is 0. The Balaban J connectivity index is 2.27. The predicted molar refractivity (Wildman–Crippen MR) is 92.2 cm³/mol. The van der Waals surface area contributed by atoms with Gasteiger partial charge in [0.1, 0.15) is 11.2 Å². The van der Waals surface area contributed by atoms with Crippen LogP contribution in [0, 0.1) is 11.3 Å². The van der Waals surface area contributed by atoms with Gasteiger partial charge in [-0.25, -0.2) is 15.0 Å². The average molecular weight is 339 g/mol. The topological polar surface area (TPSA) is 62.5 Å². The Morgan fingerprint density at radius 2 is 1.91 bits per heavy atom. The van der Waals surface area contributed by atoms with E-state index in [1.54, 1.807) is 18.3 Å². The van der Waals surface area contributed by atoms with Crippen molar-refractivity contribution in [2.24, 2.45) is 0 Å². The number of hydrogen-bond acceptors (Lipinski definition) is 5. The maximum atomic E-state index is 9.24. The molecule has 1 aromatic carbocycles. The predicted octanol–water partition coefficient (Wildman–Crippen LogP) is 4.45. The molecule has 2 heterocycles. The van der Waals surface area contributed by atoms with Crippen molar-refractivity contribution in [3.8, 4) is 28.6 Å². The second kappa shape index (κ2) is 6.78. The maximum Gasteiger partial charge on any atom is 0.187 e. The molecule has 3 rings (SSSR count). The molecule has 0 fully saturated rings. The van der Waals surface area contributed by atoms with Crippen molar-refractivity contribution in [2.45, 2.75) is 5.16 Å². The first-order valence-electron chi connectivity index (χ1n) is 6.76. The number of nitriles is 1. The highest BCUT2D eigenvalue weighted by Crippen LogP contribution is 2.33. The quantitative estimate of drug-likeness (QED) is 0.401. The monoisotopic (exact) mass is 338 g/mol. The second-order valence-electron chi connectivity index (χ2n) is 4.63. The van der Waals surface area contributed by atoms with Crippen molar-refractivity contribution >= 4 is 23.4 Å². The summed E-state index contributed by atoms with van der Waals surface area (Å²) in [5.74, 6) is 0. The van der Waals surface area contributed by atoms with Crippen molar-refractivity contribution < 1.29 is 0 Å². The molecule has 0 unspecified atom stereocenters. The van der Waals surface area contributed by atoms with Gasteiger partial charge in [0, 0.05) is 17.3 Å². The molecule has 0 N–H and O–H groups in total. The number of hydrogen-bond donors (Lipinski definition) is 0. The first-order valence-corrected chi connectivity index (χ1v) is 8.36. The van der Waals surface area contributed by atoms with E-state index in [-0.39, 0.29) is 5.15 Å². The Hall–Kier alpha value is -2.42. The number of benzene rings is 1. The Morgan fingerprint density at radius 3 is 2.61 bits per heavy atom. The van der Waals surface area contributed by atoms with Gasteiger partial charge in [-0.05, 0) is 18.4 Å². The molecule has 2 aromatic heterocycles. The zero-order valence-corrected chi connectivity index (χ0v) is 13.8. The van der Waals surface area contributed by atoms with E-state index >= 15 is 0 Å². The van der Waals surface area contributed by atoms with E-state index in [1.165, 1.54) is 11.8 Å². The van der Waals surface area contributed by atoms with Gasteiger partial charge in [-0.15, -0.1) is 0 Å². The molecule has 112 valence electrons. The highest BCUT2D eigenvalue weighted by Gasteiger charge is 2.15. The van der Waals surface area contributed by atoms with Crippen molar-refractivity contribution in [1.82, 2.24) is 15.0 Å². The summed E-state index contributed by atoms with van der Waals surface area (Å²) in [6, 6.07) is 15.3. The van der Waals surface area contributed by atoms with Crippen LogP contribution in [-0.2, 0) is 0 Å². The molecule has 0 aliphatic rings. The van der Waals surface area contributed by atoms with E-state index in [9.17, 15) is 5.26 Å². The van der Waals surface area contributed by atoms with E-state index < -0.39 is 0 Å². The fourth-order valence-corrected chi connectivity index (χ4v) is 2.71. The first kappa shape index (κ1) is 15.5. The third-order valence-electron chi connectivity index (χ3n) is 3.24. The molecular weight excluding hydrogens is 328 g/mol. The Morgan fingerprint density at radius 1 is 1.13 bits per heavy atom. The lowest BCUT2D eigenvalue weighted by Crippen LogP contribution is -1.96. The zero-order valence-electron chi connectivity index (χ0n) is 12.2. The first-order chi connectivity index (χ1) is 11.2. The number of pyridine rings is 1. The summed E-state index contributed by atoms with van der Waals surface area (Å²) in [6.45, 7) is 0. The molecule has 23 heavy (non-hydrogen) atoms. The van der Waals surface area contributed by atoms with Gasteiger partial charge in [-0.1, -0.05) is 53.7 Å². The summed E-state index contributed by atoms with van der Waals surface area (Å²) in [6.07, 6.45) is 3.61. The Kier molecular flexibility index (Phi) is 4.56. The number of rotatable bonds is 3. The third kappa shape index (κ3) is 3.19. The molecule has 0 radical (unpaired) electrons. The minimum Gasteiger partial charge on any atom is -0.234 e. The van der Waals surface area contributed by atoms with Crippen LogP contribution < -0.4 is 0 Å². The highest BCUT2D eigenvalue weighted by molar-refractivity contribution is 7.98. The molecule has 0 aliphatic heterocycles. The standard InChI is InChI=1S/C17H11ClN4S/c1-23-17-20-8-7-14(21-17)13-9-12(10-19)16(18)22-15(13)11-5-3-2-4-6-11/h2-9H,1H3. The number of thioether (sulfide) groups is 1. The van der Waals surface area contributed by atoms with E-state index in [4.69, 9.17) is 11.6 Å². The van der Waals surface area contributed by atoms with Crippen LogP contribution in [0.4, 0.5) is 0 Å². The van der Waals surface area contributed by atoms with Crippen LogP contribution in [0.25, 0.3) is 22.5 Å². The molecule has 0 saturated carbocycles. The van der Waals surface area contributed by atoms with Gasteiger partial charge in [0.25, 0.3) is 0 Å². The molecule has 3 aromatic rings. The average Bonchev–Trinajstić information content (AvgIpc) is 2.62. The smallest absolute Gasteiger partial charge is 0.187 e. The Labute approximate surface area is 143 Å². The van der Waals surface area contributed by atoms with Crippen LogP contribution in [0.1, 0.15) is 5.56 Å². The van der Waals surface area contributed by atoms with Crippen molar-refractivity contribution in [3.63, 3.8) is 0 Å². The van der Waals surface area contributed by atoms with Crippen LogP contribution in [0.3, 0.4) is 0 Å². The van der Waals surface area contributed by atoms with Gasteiger partial charge in [0.2, 0.25) is 0 Å². The van der Waals surface area contributed by atoms with Crippen molar-refractivity contribution in [2.75, 3.05) is 6.26 Å². The molecule has 0 amide bonds. The van der Waals surface area contributed by atoms with E-state index in [0.717, 1.165) is 11.1 Å². The lowest BCUT2D eigenvalue weighted by molar-refractivity contribution is 0.975. The van der Waals surface area contributed by atoms with Crippen LogP contribution in [-0.4, -0.2) is 21.2 Å². The molecule has 6 heteroatoms. The van der Waals surface area contributed by atoms with Gasteiger partial charge < -0.3 is 0 Å². The maximum absolute atomic E-state index is 9.24. The number of halogens is 1. The summed E-state index contributed by atoms with van der Waals surface area (Å²) >= 11 is 7.59. The van der Waals surface area contributed by atoms with E-state index in [1.807, 2.05) is 36.6 Å². The van der Waals surface area contributed by atoms with E-state index in [0.29, 0.717) is 22.1 Å². The summed E-state index contributed by atoms with van der Waals surface area (Å²) in [5.41, 5.74) is 3.41. The zero-order chi connectivity index (χ0) is 16.2. The highest BCUT2D eigenvalue weighted by atomic mass is 35.5. The van der Waals surface area contributed by atoms with Gasteiger partial charge in [-0.3, -0.25) is 0 Å². The van der Waals surface area contributed by atoms with Gasteiger partial charge in [-0.2, -0.15) is 5.26 Å². The fraction of sp³-hybridized carbons (Fsp3) is 0.0588. The largest absolute Gasteiger partial charge is 0.234 e. The SMILES string of the molecule is CSc1nccc(-c2cc(C#N)c(Cl)nc2-c2ccccc2)n1. The van der Waals surface area contributed by atoms with Crippen LogP contribution >= 0.6 is 23.4 Å². The van der Waals surface area contributed by atoms with Crippen LogP contribution in [0.2, 0.25) is 5.15 Å². The molecule has 0 saturated heterocycles. The summed E-state index contributed by atoms with van der Waals surface area (Å²) in [4.78, 5) is 13.1. The van der Waals surface area contributed by atoms with Gasteiger partial charge in [0.15, 0.2) is 5.16 Å². The van der Waals surface area contributed by atoms with Crippen LogP contribution in [0.15, 0.2) is 53.8 Å². The lowest BCUT2D eigenvalue weighted by atomic mass is 10.0. The van der Waals surface area contributed by atoms with Gasteiger partial charge >= 0.3 is 0 Å². The van der Waals surface area contributed by atoms with Crippen molar-refractivity contribution in [3.05, 3.63) is 59.4 Å². The summed E-state index contributed by atoms with van der Waals surface area (Å²) in [5, 5.41) is 10.1. The van der Waals surface area contributed by atoms with Gasteiger partial charge in [0.05, 0.1) is 17.0 Å². The molecular formula is C17H11ClN4S. The molecule has 0 atom stereocenters. The minimum atomic E-state index is 0.189. The molecule has 4 nitrogen and oxygen atoms in total. The molecule has 0 aliphatic carbocycles. The number of nitrogens with zero attached hydrogens (tertiary/aromatic N) is 4. The normalized spacial score (nSPS) is 10.3. The van der Waals surface area contributed by atoms with Crippen molar-refractivity contribution in [1.29, 1.82) is 5.26 Å². The second-order valence-corrected chi connectivity index (χ2v) is 5.76. The third-order valence-corrected chi connectivity index (χ3v) is 4.09. The fourth-order valence-electron chi connectivity index (χ4n) is 2.17. The lowest BCUT2D eigenvalue weighted by Gasteiger charge is -2.10. The number of aromatic nitrogens is 3. The minimum absolute atomic E-state index is 0.189. The molecule has 0 bridgehead atoms.